The van der Waals surface area contributed by atoms with Crippen LogP contribution in [-0.4, -0.2) is 52.9 Å². The first kappa shape index (κ1) is 23.1. The Hall–Kier alpha value is -4.29. The molecule has 0 unspecified atom stereocenters. The number of Topliss-reactive ketones (excluding diaryl/α,β-unsaturated/α-hetero) is 1. The topological polar surface area (TPSA) is 71.1 Å². The number of hydrogen-bond acceptors (Lipinski definition) is 5. The highest BCUT2D eigenvalue weighted by atomic mass is 16.5. The second kappa shape index (κ2) is 9.64. The van der Waals surface area contributed by atoms with Gasteiger partial charge in [-0.25, -0.2) is 4.98 Å². The highest BCUT2D eigenvalue weighted by Gasteiger charge is 2.22. The summed E-state index contributed by atoms with van der Waals surface area (Å²) in [6, 6.07) is 24.3. The number of aromatic nitrogens is 3. The first-order valence-corrected chi connectivity index (χ1v) is 12.6. The van der Waals surface area contributed by atoms with Crippen LogP contribution in [-0.2, 0) is 6.42 Å². The molecule has 2 heterocycles. The molecule has 0 saturated carbocycles. The average Bonchev–Trinajstić information content (AvgIpc) is 3.52. The fourth-order valence-corrected chi connectivity index (χ4v) is 4.89. The Labute approximate surface area is 216 Å². The molecule has 0 bridgehead atoms. The van der Waals surface area contributed by atoms with E-state index in [-0.39, 0.29) is 5.78 Å². The fourth-order valence-electron chi connectivity index (χ4n) is 4.89. The number of carbonyl (C=O) groups excluding carboxylic acids is 1. The number of hydrogen-bond donors (Lipinski definition) is 1. The molecule has 0 fully saturated rings. The van der Waals surface area contributed by atoms with E-state index in [0.717, 1.165) is 74.6 Å². The van der Waals surface area contributed by atoms with Gasteiger partial charge < -0.3 is 14.6 Å². The monoisotopic (exact) mass is 488 g/mol. The SMILES string of the molecule is CN(C)CCOc1ccc(-c2nc(-c3ccc4c(c3)CCC4=O)c(-c3ccnc4ccccc34)[nH]2)cc1. The summed E-state index contributed by atoms with van der Waals surface area (Å²) in [6.45, 7) is 1.50. The minimum absolute atomic E-state index is 0.220. The minimum atomic E-state index is 0.220. The van der Waals surface area contributed by atoms with Crippen LogP contribution in [0.1, 0.15) is 22.3 Å². The maximum absolute atomic E-state index is 12.2. The van der Waals surface area contributed by atoms with Crippen molar-refractivity contribution < 1.29 is 9.53 Å². The number of nitrogens with one attached hydrogen (secondary N) is 1. The molecule has 6 rings (SSSR count). The first-order valence-electron chi connectivity index (χ1n) is 12.6. The van der Waals surface area contributed by atoms with Crippen LogP contribution in [0.5, 0.6) is 5.75 Å². The largest absolute Gasteiger partial charge is 0.492 e. The summed E-state index contributed by atoms with van der Waals surface area (Å²) < 4.78 is 5.87. The Morgan fingerprint density at radius 3 is 2.57 bits per heavy atom. The highest BCUT2D eigenvalue weighted by molar-refractivity contribution is 6.02. The number of ether oxygens (including phenoxy) is 1. The number of pyridine rings is 1. The number of imidazole rings is 1. The standard InChI is InChI=1S/C31H28N4O2/c1-35(2)17-18-37-23-11-7-20(8-12-23)31-33-29(22-9-13-24-21(19-22)10-14-28(24)36)30(34-31)26-15-16-32-27-6-4-3-5-25(26)27/h3-9,11-13,15-16,19H,10,14,17-18H2,1-2H3,(H,33,34). The van der Waals surface area contributed by atoms with Gasteiger partial charge in [0.1, 0.15) is 18.2 Å². The van der Waals surface area contributed by atoms with Crippen LogP contribution in [0.3, 0.4) is 0 Å². The third kappa shape index (κ3) is 4.52. The molecule has 1 aliphatic carbocycles. The maximum atomic E-state index is 12.2. The van der Waals surface area contributed by atoms with Gasteiger partial charge >= 0.3 is 0 Å². The third-order valence-corrected chi connectivity index (χ3v) is 6.86. The van der Waals surface area contributed by atoms with Gasteiger partial charge in [0.2, 0.25) is 0 Å². The van der Waals surface area contributed by atoms with E-state index in [0.29, 0.717) is 13.0 Å². The van der Waals surface area contributed by atoms with Crippen LogP contribution in [0.15, 0.2) is 79.0 Å². The summed E-state index contributed by atoms with van der Waals surface area (Å²) in [5, 5.41) is 1.06. The van der Waals surface area contributed by atoms with Crippen LogP contribution in [0.2, 0.25) is 0 Å². The molecule has 6 nitrogen and oxygen atoms in total. The Balaban J connectivity index is 1.44. The number of H-pyrrole nitrogens is 1. The van der Waals surface area contributed by atoms with Gasteiger partial charge in [-0.05, 0) is 68.5 Å². The fraction of sp³-hybridized carbons (Fsp3) is 0.194. The van der Waals surface area contributed by atoms with E-state index in [1.54, 1.807) is 0 Å². The normalized spacial score (nSPS) is 12.9. The molecule has 0 radical (unpaired) electrons. The molecule has 1 N–H and O–H groups in total. The van der Waals surface area contributed by atoms with Crippen molar-refractivity contribution in [3.63, 3.8) is 0 Å². The van der Waals surface area contributed by atoms with Crippen LogP contribution < -0.4 is 4.74 Å². The molecule has 0 atom stereocenters. The zero-order chi connectivity index (χ0) is 25.4. The smallest absolute Gasteiger partial charge is 0.163 e. The van der Waals surface area contributed by atoms with E-state index in [1.165, 1.54) is 0 Å². The number of aromatic amines is 1. The first-order chi connectivity index (χ1) is 18.1. The van der Waals surface area contributed by atoms with Crippen molar-refractivity contribution in [1.82, 2.24) is 19.9 Å². The molecule has 2 aromatic heterocycles. The van der Waals surface area contributed by atoms with Crippen molar-refractivity contribution in [1.29, 1.82) is 0 Å². The second-order valence-corrected chi connectivity index (χ2v) is 9.66. The van der Waals surface area contributed by atoms with Gasteiger partial charge in [0.25, 0.3) is 0 Å². The number of carbonyl (C=O) groups is 1. The van der Waals surface area contributed by atoms with Gasteiger partial charge in [-0.2, -0.15) is 0 Å². The van der Waals surface area contributed by atoms with Crippen molar-refractivity contribution in [2.24, 2.45) is 0 Å². The lowest BCUT2D eigenvalue weighted by molar-refractivity contribution is 0.0994. The van der Waals surface area contributed by atoms with E-state index >= 15 is 0 Å². The number of para-hydroxylation sites is 1. The predicted octanol–water partition coefficient (Wildman–Crippen LogP) is 6.03. The number of rotatable bonds is 7. The maximum Gasteiger partial charge on any atom is 0.163 e. The average molecular weight is 489 g/mol. The van der Waals surface area contributed by atoms with Gasteiger partial charge in [-0.15, -0.1) is 0 Å². The van der Waals surface area contributed by atoms with Crippen LogP contribution in [0, 0.1) is 0 Å². The van der Waals surface area contributed by atoms with Crippen LogP contribution in [0.4, 0.5) is 0 Å². The van der Waals surface area contributed by atoms with E-state index in [4.69, 9.17) is 9.72 Å². The van der Waals surface area contributed by atoms with Crippen LogP contribution >= 0.6 is 0 Å². The van der Waals surface area contributed by atoms with Gasteiger partial charge in [-0.1, -0.05) is 30.3 Å². The van der Waals surface area contributed by atoms with E-state index < -0.39 is 0 Å². The molecule has 1 aliphatic rings. The Kier molecular flexibility index (Phi) is 6.02. The molecular formula is C31H28N4O2. The Bertz CT molecular complexity index is 1600. The van der Waals surface area contributed by atoms with E-state index in [1.807, 2.05) is 81.0 Å². The number of ketones is 1. The summed E-state index contributed by atoms with van der Waals surface area (Å²) in [5.74, 6) is 1.83. The lowest BCUT2D eigenvalue weighted by atomic mass is 9.99. The molecule has 37 heavy (non-hydrogen) atoms. The molecule has 0 amide bonds. The van der Waals surface area contributed by atoms with Crippen molar-refractivity contribution >= 4 is 16.7 Å². The van der Waals surface area contributed by atoms with Gasteiger partial charge in [0, 0.05) is 46.8 Å². The Morgan fingerprint density at radius 2 is 1.73 bits per heavy atom. The van der Waals surface area contributed by atoms with E-state index in [2.05, 4.69) is 27.0 Å². The lowest BCUT2D eigenvalue weighted by Crippen LogP contribution is -2.19. The number of nitrogens with zero attached hydrogens (tertiary/aromatic N) is 3. The summed E-state index contributed by atoms with van der Waals surface area (Å²) in [6.07, 6.45) is 3.20. The zero-order valence-corrected chi connectivity index (χ0v) is 21.0. The molecule has 0 saturated heterocycles. The van der Waals surface area contributed by atoms with Crippen molar-refractivity contribution in [3.05, 3.63) is 90.1 Å². The van der Waals surface area contributed by atoms with Gasteiger partial charge in [-0.3, -0.25) is 9.78 Å². The summed E-state index contributed by atoms with van der Waals surface area (Å²) in [4.78, 5) is 27.6. The third-order valence-electron chi connectivity index (χ3n) is 6.86. The summed E-state index contributed by atoms with van der Waals surface area (Å²) in [7, 11) is 4.06. The van der Waals surface area contributed by atoms with Crippen LogP contribution in [0.25, 0.3) is 44.8 Å². The molecule has 6 heteroatoms. The van der Waals surface area contributed by atoms with Gasteiger partial charge in [0.05, 0.1) is 16.9 Å². The Morgan fingerprint density at radius 1 is 0.919 bits per heavy atom. The van der Waals surface area contributed by atoms with E-state index in [9.17, 15) is 4.79 Å². The van der Waals surface area contributed by atoms with Gasteiger partial charge in [0.15, 0.2) is 5.78 Å². The van der Waals surface area contributed by atoms with Crippen molar-refractivity contribution in [2.45, 2.75) is 12.8 Å². The number of likely N-dealkylation sites (N-methyl/N-ethyl adjacent to an activating group) is 1. The minimum Gasteiger partial charge on any atom is -0.492 e. The number of fused-ring (bicyclic) bond motifs is 2. The van der Waals surface area contributed by atoms with Crippen molar-refractivity contribution in [3.8, 4) is 39.7 Å². The molecule has 0 aliphatic heterocycles. The molecule has 5 aromatic rings. The quantitative estimate of drug-likeness (QED) is 0.303. The number of benzene rings is 3. The van der Waals surface area contributed by atoms with Crippen molar-refractivity contribution in [2.75, 3.05) is 27.2 Å². The number of aryl methyl sites for hydroxylation is 1. The molecule has 3 aromatic carbocycles. The molecule has 184 valence electrons. The second-order valence-electron chi connectivity index (χ2n) is 9.66. The summed E-state index contributed by atoms with van der Waals surface area (Å²) >= 11 is 0. The lowest BCUT2D eigenvalue weighted by Gasteiger charge is -2.11. The molecule has 0 spiro atoms. The highest BCUT2D eigenvalue weighted by Crippen LogP contribution is 2.38. The predicted molar refractivity (Wildman–Crippen MR) is 147 cm³/mol. The summed E-state index contributed by atoms with van der Waals surface area (Å²) in [5.41, 5.74) is 7.67. The molecular weight excluding hydrogens is 460 g/mol. The zero-order valence-electron chi connectivity index (χ0n) is 21.0.